The quantitative estimate of drug-likeness (QED) is 0.242. The van der Waals surface area contributed by atoms with Gasteiger partial charge in [0, 0.05) is 11.5 Å². The molecule has 0 fully saturated rings. The van der Waals surface area contributed by atoms with Crippen LogP contribution in [0.4, 0.5) is 5.69 Å². The van der Waals surface area contributed by atoms with Gasteiger partial charge in [-0.05, 0) is 41.3 Å². The van der Waals surface area contributed by atoms with Gasteiger partial charge in [-0.2, -0.15) is 0 Å². The van der Waals surface area contributed by atoms with Crippen molar-refractivity contribution in [2.75, 3.05) is 6.61 Å². The number of unbranched alkanes of at least 4 members (excludes halogenated alkanes) is 1. The summed E-state index contributed by atoms with van der Waals surface area (Å²) in [5.74, 6) is 0.429. The number of hydrogen-bond donors (Lipinski definition) is 2. The van der Waals surface area contributed by atoms with Crippen LogP contribution < -0.4 is 10.5 Å². The fourth-order valence-corrected chi connectivity index (χ4v) is 2.23. The first-order valence-corrected chi connectivity index (χ1v) is 7.45. The molecule has 0 radical (unpaired) electrons. The Kier molecular flexibility index (Phi) is 6.14. The van der Waals surface area contributed by atoms with Crippen LogP contribution in [-0.4, -0.2) is 17.4 Å². The molecule has 0 amide bonds. The summed E-state index contributed by atoms with van der Waals surface area (Å²) in [5.41, 5.74) is 5.15. The molecule has 0 spiro atoms. The fraction of sp³-hybridized carbons (Fsp3) is 0.500. The monoisotopic (exact) mass is 357 g/mol. The summed E-state index contributed by atoms with van der Waals surface area (Å²) >= 11 is 3.26. The zero-order valence-electron chi connectivity index (χ0n) is 12.2. The number of hydrogen-bond acceptors (Lipinski definition) is 4. The van der Waals surface area contributed by atoms with Crippen molar-refractivity contribution in [3.63, 3.8) is 0 Å². The van der Waals surface area contributed by atoms with Gasteiger partial charge in [-0.15, -0.1) is 0 Å². The van der Waals surface area contributed by atoms with Gasteiger partial charge in [0.1, 0.15) is 0 Å². The highest BCUT2D eigenvalue weighted by molar-refractivity contribution is 9.10. The van der Waals surface area contributed by atoms with Crippen molar-refractivity contribution in [3.8, 4) is 5.75 Å². The topological polar surface area (TPSA) is 102 Å². The van der Waals surface area contributed by atoms with Gasteiger partial charge in [0.25, 0.3) is 0 Å². The van der Waals surface area contributed by atoms with Crippen LogP contribution in [-0.2, 0) is 0 Å². The number of ether oxygens (including phenoxy) is 1. The van der Waals surface area contributed by atoms with Crippen molar-refractivity contribution in [1.82, 2.24) is 0 Å². The molecule has 0 heterocycles. The van der Waals surface area contributed by atoms with Gasteiger partial charge in [0.05, 0.1) is 21.8 Å². The van der Waals surface area contributed by atoms with E-state index >= 15 is 0 Å². The maximum absolute atomic E-state index is 10.9. The van der Waals surface area contributed by atoms with Crippen molar-refractivity contribution >= 4 is 27.5 Å². The zero-order valence-corrected chi connectivity index (χ0v) is 13.8. The Morgan fingerprint density at radius 2 is 2.14 bits per heavy atom. The SMILES string of the molecule is CC(C)(CCCCOc1c(Br)cccc1[N+](=O)[O-])C(=N)N. The number of para-hydroxylation sites is 1. The van der Waals surface area contributed by atoms with Gasteiger partial charge in [-0.3, -0.25) is 15.5 Å². The molecule has 0 aliphatic carbocycles. The van der Waals surface area contributed by atoms with E-state index in [1.807, 2.05) is 13.8 Å². The third-order valence-electron chi connectivity index (χ3n) is 3.31. The molecule has 1 rings (SSSR count). The van der Waals surface area contributed by atoms with Crippen LogP contribution in [0.1, 0.15) is 33.1 Å². The Morgan fingerprint density at radius 3 is 2.71 bits per heavy atom. The number of amidine groups is 1. The van der Waals surface area contributed by atoms with Crippen molar-refractivity contribution in [2.24, 2.45) is 11.1 Å². The van der Waals surface area contributed by atoms with Crippen molar-refractivity contribution < 1.29 is 9.66 Å². The molecular formula is C14H20BrN3O3. The molecule has 3 N–H and O–H groups in total. The number of rotatable bonds is 8. The second kappa shape index (κ2) is 7.40. The lowest BCUT2D eigenvalue weighted by molar-refractivity contribution is -0.386. The molecule has 0 aliphatic rings. The fourth-order valence-electron chi connectivity index (χ4n) is 1.76. The van der Waals surface area contributed by atoms with Gasteiger partial charge >= 0.3 is 5.69 Å². The second-order valence-electron chi connectivity index (χ2n) is 5.45. The number of nitrogens with one attached hydrogen (secondary N) is 1. The molecule has 0 saturated carbocycles. The predicted octanol–water partition coefficient (Wildman–Crippen LogP) is 3.87. The molecule has 0 bridgehead atoms. The number of halogens is 1. The molecule has 6 nitrogen and oxygen atoms in total. The maximum Gasteiger partial charge on any atom is 0.312 e. The summed E-state index contributed by atoms with van der Waals surface area (Å²) in [5, 5.41) is 18.4. The normalized spacial score (nSPS) is 11.2. The number of nitrogens with two attached hydrogens (primary N) is 1. The minimum atomic E-state index is -0.459. The van der Waals surface area contributed by atoms with E-state index in [1.165, 1.54) is 6.07 Å². The van der Waals surface area contributed by atoms with Crippen LogP contribution in [0.3, 0.4) is 0 Å². The number of benzene rings is 1. The lowest BCUT2D eigenvalue weighted by Gasteiger charge is -2.22. The molecule has 1 aromatic carbocycles. The van der Waals surface area contributed by atoms with Crippen LogP contribution >= 0.6 is 15.9 Å². The van der Waals surface area contributed by atoms with Crippen LogP contribution in [0.2, 0.25) is 0 Å². The van der Waals surface area contributed by atoms with Crippen LogP contribution in [0.15, 0.2) is 22.7 Å². The molecule has 21 heavy (non-hydrogen) atoms. The first kappa shape index (κ1) is 17.4. The van der Waals surface area contributed by atoms with Crippen molar-refractivity contribution in [1.29, 1.82) is 5.41 Å². The van der Waals surface area contributed by atoms with Crippen LogP contribution in [0.25, 0.3) is 0 Å². The Hall–Kier alpha value is -1.63. The van der Waals surface area contributed by atoms with Crippen LogP contribution in [0.5, 0.6) is 5.75 Å². The summed E-state index contributed by atoms with van der Waals surface area (Å²) in [6.07, 6.45) is 2.36. The van der Waals surface area contributed by atoms with Gasteiger partial charge in [-0.1, -0.05) is 19.9 Å². The lowest BCUT2D eigenvalue weighted by atomic mass is 9.86. The molecule has 0 saturated heterocycles. The first-order valence-electron chi connectivity index (χ1n) is 6.66. The molecule has 0 unspecified atom stereocenters. The highest BCUT2D eigenvalue weighted by Crippen LogP contribution is 2.34. The standard InChI is InChI=1S/C14H20BrN3O3/c1-14(2,13(16)17)8-3-4-9-21-12-10(15)6-5-7-11(12)18(19)20/h5-7H,3-4,8-9H2,1-2H3,(H3,16,17). The van der Waals surface area contributed by atoms with Crippen molar-refractivity contribution in [2.45, 2.75) is 33.1 Å². The average molecular weight is 358 g/mol. The third kappa shape index (κ3) is 5.00. The largest absolute Gasteiger partial charge is 0.486 e. The molecule has 0 aromatic heterocycles. The zero-order chi connectivity index (χ0) is 16.0. The summed E-state index contributed by atoms with van der Waals surface area (Å²) in [7, 11) is 0. The molecular weight excluding hydrogens is 338 g/mol. The summed E-state index contributed by atoms with van der Waals surface area (Å²) in [4.78, 5) is 10.5. The highest BCUT2D eigenvalue weighted by atomic mass is 79.9. The van der Waals surface area contributed by atoms with E-state index in [1.54, 1.807) is 12.1 Å². The van der Waals surface area contributed by atoms with E-state index in [0.29, 0.717) is 11.1 Å². The highest BCUT2D eigenvalue weighted by Gasteiger charge is 2.21. The van der Waals surface area contributed by atoms with Crippen LogP contribution in [0, 0.1) is 20.9 Å². The number of nitro benzene ring substituents is 1. The Labute approximate surface area is 132 Å². The average Bonchev–Trinajstić information content (AvgIpc) is 2.39. The summed E-state index contributed by atoms with van der Waals surface area (Å²) in [6.45, 7) is 4.24. The van der Waals surface area contributed by atoms with E-state index in [0.717, 1.165) is 19.3 Å². The maximum atomic E-state index is 10.9. The minimum Gasteiger partial charge on any atom is -0.486 e. The van der Waals surface area contributed by atoms with E-state index in [-0.39, 0.29) is 22.7 Å². The molecule has 1 aromatic rings. The minimum absolute atomic E-state index is 0.0477. The molecule has 0 aliphatic heterocycles. The van der Waals surface area contributed by atoms with E-state index in [9.17, 15) is 10.1 Å². The third-order valence-corrected chi connectivity index (χ3v) is 3.94. The summed E-state index contributed by atoms with van der Waals surface area (Å²) < 4.78 is 6.10. The Morgan fingerprint density at radius 1 is 1.48 bits per heavy atom. The van der Waals surface area contributed by atoms with Crippen molar-refractivity contribution in [3.05, 3.63) is 32.8 Å². The number of nitrogens with zero attached hydrogens (tertiary/aromatic N) is 1. The first-order chi connectivity index (χ1) is 9.75. The Bertz CT molecular complexity index is 532. The van der Waals surface area contributed by atoms with Gasteiger partial charge < -0.3 is 10.5 Å². The summed E-state index contributed by atoms with van der Waals surface area (Å²) in [6, 6.07) is 4.73. The van der Waals surface area contributed by atoms with Gasteiger partial charge in [0.2, 0.25) is 5.75 Å². The van der Waals surface area contributed by atoms with Gasteiger partial charge in [-0.25, -0.2) is 0 Å². The predicted molar refractivity (Wildman–Crippen MR) is 85.8 cm³/mol. The van der Waals surface area contributed by atoms with E-state index in [2.05, 4.69) is 15.9 Å². The second-order valence-corrected chi connectivity index (χ2v) is 6.30. The molecule has 116 valence electrons. The lowest BCUT2D eigenvalue weighted by Crippen LogP contribution is -2.30. The van der Waals surface area contributed by atoms with E-state index < -0.39 is 4.92 Å². The Balaban J connectivity index is 2.51. The smallest absolute Gasteiger partial charge is 0.312 e. The van der Waals surface area contributed by atoms with Gasteiger partial charge in [0.15, 0.2) is 0 Å². The molecule has 7 heteroatoms. The molecule has 0 atom stereocenters. The number of nitro groups is 1. The van der Waals surface area contributed by atoms with E-state index in [4.69, 9.17) is 15.9 Å².